The summed E-state index contributed by atoms with van der Waals surface area (Å²) in [5, 5.41) is 17.7. The molecule has 0 amide bonds. The van der Waals surface area contributed by atoms with E-state index in [4.69, 9.17) is 10.5 Å². The second kappa shape index (κ2) is 5.68. The number of hydrogen-bond donors (Lipinski definition) is 0. The number of hydrogen-bond acceptors (Lipinski definition) is 2. The van der Waals surface area contributed by atoms with Crippen LogP contribution in [0.15, 0.2) is 16.6 Å². The summed E-state index contributed by atoms with van der Waals surface area (Å²) in [5.74, 6) is 0.528. The maximum absolute atomic E-state index is 9.01. The van der Waals surface area contributed by atoms with E-state index < -0.39 is 0 Å². The van der Waals surface area contributed by atoms with Gasteiger partial charge in [-0.3, -0.25) is 0 Å². The molecule has 0 bridgehead atoms. The molecule has 0 saturated carbocycles. The largest absolute Gasteiger partial charge is 0.198 e. The van der Waals surface area contributed by atoms with Gasteiger partial charge >= 0.3 is 0 Å². The van der Waals surface area contributed by atoms with Gasteiger partial charge in [-0.1, -0.05) is 19.9 Å². The van der Waals surface area contributed by atoms with Crippen LogP contribution < -0.4 is 0 Å². The average Bonchev–Trinajstić information content (AvgIpc) is 2.22. The SMILES string of the molecule is CC(C)Cc1cc(CC#N)cc(C#N)c1Br. The summed E-state index contributed by atoms with van der Waals surface area (Å²) in [6, 6.07) is 8.05. The van der Waals surface area contributed by atoms with Crippen molar-refractivity contribution in [2.45, 2.75) is 26.7 Å². The Hall–Kier alpha value is -1.32. The summed E-state index contributed by atoms with van der Waals surface area (Å²) in [6.45, 7) is 4.27. The van der Waals surface area contributed by atoms with Crippen molar-refractivity contribution in [3.05, 3.63) is 33.3 Å². The van der Waals surface area contributed by atoms with Crippen LogP contribution in [0.4, 0.5) is 0 Å². The van der Waals surface area contributed by atoms with Gasteiger partial charge in [0.2, 0.25) is 0 Å². The quantitative estimate of drug-likeness (QED) is 0.847. The van der Waals surface area contributed by atoms with Gasteiger partial charge in [-0.2, -0.15) is 10.5 Å². The predicted octanol–water partition coefficient (Wildman–Crippen LogP) is 3.59. The van der Waals surface area contributed by atoms with Crippen molar-refractivity contribution < 1.29 is 0 Å². The van der Waals surface area contributed by atoms with Gasteiger partial charge in [0.15, 0.2) is 0 Å². The van der Waals surface area contributed by atoms with E-state index >= 15 is 0 Å². The van der Waals surface area contributed by atoms with Gasteiger partial charge in [0.05, 0.1) is 18.1 Å². The molecule has 0 aromatic heterocycles. The Morgan fingerprint density at radius 2 is 2.00 bits per heavy atom. The standard InChI is InChI=1S/C13H13BrN2/c1-9(2)5-11-6-10(3-4-15)7-12(8-16)13(11)14/h6-7,9H,3,5H2,1-2H3. The topological polar surface area (TPSA) is 47.6 Å². The molecule has 0 spiro atoms. The third-order valence-electron chi connectivity index (χ3n) is 2.24. The van der Waals surface area contributed by atoms with Crippen molar-refractivity contribution in [3.8, 4) is 12.1 Å². The molecular formula is C13H13BrN2. The Labute approximate surface area is 105 Å². The van der Waals surface area contributed by atoms with E-state index in [0.29, 0.717) is 17.9 Å². The zero-order chi connectivity index (χ0) is 12.1. The Kier molecular flexibility index (Phi) is 4.52. The minimum Gasteiger partial charge on any atom is -0.198 e. The fourth-order valence-electron chi connectivity index (χ4n) is 1.61. The lowest BCUT2D eigenvalue weighted by molar-refractivity contribution is 0.645. The first-order valence-corrected chi connectivity index (χ1v) is 5.96. The van der Waals surface area contributed by atoms with Crippen LogP contribution in [-0.4, -0.2) is 0 Å². The van der Waals surface area contributed by atoms with Crippen molar-refractivity contribution >= 4 is 15.9 Å². The molecule has 0 aliphatic heterocycles. The molecule has 0 unspecified atom stereocenters. The first-order valence-electron chi connectivity index (χ1n) is 5.16. The second-order valence-corrected chi connectivity index (χ2v) is 4.95. The summed E-state index contributed by atoms with van der Waals surface area (Å²) in [5.41, 5.74) is 2.64. The van der Waals surface area contributed by atoms with Crippen molar-refractivity contribution in [1.29, 1.82) is 10.5 Å². The maximum Gasteiger partial charge on any atom is 0.100 e. The van der Waals surface area contributed by atoms with Gasteiger partial charge in [0.1, 0.15) is 6.07 Å². The number of rotatable bonds is 3. The highest BCUT2D eigenvalue weighted by Crippen LogP contribution is 2.26. The number of benzene rings is 1. The molecule has 0 aliphatic carbocycles. The Balaban J connectivity index is 3.21. The molecule has 0 saturated heterocycles. The predicted molar refractivity (Wildman–Crippen MR) is 66.7 cm³/mol. The molecule has 0 atom stereocenters. The lowest BCUT2D eigenvalue weighted by Gasteiger charge is -2.10. The van der Waals surface area contributed by atoms with Gasteiger partial charge in [-0.05, 0) is 45.5 Å². The Morgan fingerprint density at radius 1 is 1.31 bits per heavy atom. The molecule has 1 aromatic rings. The minimum atomic E-state index is 0.354. The van der Waals surface area contributed by atoms with Gasteiger partial charge in [0.25, 0.3) is 0 Å². The van der Waals surface area contributed by atoms with Crippen LogP contribution in [0.25, 0.3) is 0 Å². The molecule has 3 heteroatoms. The summed E-state index contributed by atoms with van der Waals surface area (Å²) in [7, 11) is 0. The molecule has 2 nitrogen and oxygen atoms in total. The van der Waals surface area contributed by atoms with Crippen molar-refractivity contribution in [1.82, 2.24) is 0 Å². The molecule has 0 radical (unpaired) electrons. The third kappa shape index (κ3) is 3.08. The van der Waals surface area contributed by atoms with Crippen LogP contribution in [0.5, 0.6) is 0 Å². The number of nitriles is 2. The van der Waals surface area contributed by atoms with Crippen molar-refractivity contribution in [3.63, 3.8) is 0 Å². The van der Waals surface area contributed by atoms with Crippen LogP contribution >= 0.6 is 15.9 Å². The molecule has 0 aliphatic rings. The van der Waals surface area contributed by atoms with Crippen molar-refractivity contribution in [2.24, 2.45) is 5.92 Å². The fraction of sp³-hybridized carbons (Fsp3) is 0.385. The lowest BCUT2D eigenvalue weighted by atomic mass is 9.98. The van der Waals surface area contributed by atoms with Crippen LogP contribution in [0, 0.1) is 28.6 Å². The van der Waals surface area contributed by atoms with Crippen molar-refractivity contribution in [2.75, 3.05) is 0 Å². The van der Waals surface area contributed by atoms with Gasteiger partial charge in [-0.25, -0.2) is 0 Å². The van der Waals surface area contributed by atoms with E-state index in [0.717, 1.165) is 22.0 Å². The van der Waals surface area contributed by atoms with E-state index in [1.165, 1.54) is 0 Å². The average molecular weight is 277 g/mol. The lowest BCUT2D eigenvalue weighted by Crippen LogP contribution is -1.99. The van der Waals surface area contributed by atoms with Gasteiger partial charge in [0, 0.05) is 4.47 Å². The summed E-state index contributed by atoms with van der Waals surface area (Å²) >= 11 is 3.45. The van der Waals surface area contributed by atoms with Gasteiger partial charge in [-0.15, -0.1) is 0 Å². The first-order chi connectivity index (χ1) is 7.58. The highest BCUT2D eigenvalue weighted by atomic mass is 79.9. The molecule has 16 heavy (non-hydrogen) atoms. The minimum absolute atomic E-state index is 0.354. The summed E-state index contributed by atoms with van der Waals surface area (Å²) in [6.07, 6.45) is 1.27. The summed E-state index contributed by atoms with van der Waals surface area (Å²) in [4.78, 5) is 0. The highest BCUT2D eigenvalue weighted by Gasteiger charge is 2.09. The molecule has 1 rings (SSSR count). The monoisotopic (exact) mass is 276 g/mol. The molecule has 0 fully saturated rings. The highest BCUT2D eigenvalue weighted by molar-refractivity contribution is 9.10. The van der Waals surface area contributed by atoms with Crippen LogP contribution in [-0.2, 0) is 12.8 Å². The van der Waals surface area contributed by atoms with Crippen LogP contribution in [0.3, 0.4) is 0 Å². The van der Waals surface area contributed by atoms with E-state index in [2.05, 4.69) is 41.9 Å². The molecular weight excluding hydrogens is 264 g/mol. The molecule has 1 aromatic carbocycles. The molecule has 82 valence electrons. The second-order valence-electron chi connectivity index (χ2n) is 4.16. The molecule has 0 N–H and O–H groups in total. The number of halogens is 1. The number of nitrogens with zero attached hydrogens (tertiary/aromatic N) is 2. The fourth-order valence-corrected chi connectivity index (χ4v) is 2.09. The normalized spacial score (nSPS) is 9.88. The van der Waals surface area contributed by atoms with E-state index in [1.54, 1.807) is 6.07 Å². The smallest absolute Gasteiger partial charge is 0.100 e. The first kappa shape index (κ1) is 12.7. The third-order valence-corrected chi connectivity index (χ3v) is 3.18. The Morgan fingerprint density at radius 3 is 2.50 bits per heavy atom. The maximum atomic E-state index is 9.01. The summed E-state index contributed by atoms with van der Waals surface area (Å²) < 4.78 is 0.866. The van der Waals surface area contributed by atoms with E-state index in [1.807, 2.05) is 6.07 Å². The Bertz CT molecular complexity index is 464. The van der Waals surface area contributed by atoms with E-state index in [-0.39, 0.29) is 0 Å². The molecule has 0 heterocycles. The van der Waals surface area contributed by atoms with Crippen LogP contribution in [0.1, 0.15) is 30.5 Å². The van der Waals surface area contributed by atoms with Gasteiger partial charge < -0.3 is 0 Å². The zero-order valence-corrected chi connectivity index (χ0v) is 11.0. The van der Waals surface area contributed by atoms with E-state index in [9.17, 15) is 0 Å². The zero-order valence-electron chi connectivity index (χ0n) is 9.42. The van der Waals surface area contributed by atoms with Crippen LogP contribution in [0.2, 0.25) is 0 Å².